The average Bonchev–Trinajstić information content (AvgIpc) is 3.57. The predicted molar refractivity (Wildman–Crippen MR) is 120 cm³/mol. The van der Waals surface area contributed by atoms with Crippen LogP contribution >= 0.6 is 0 Å². The topological polar surface area (TPSA) is 95.2 Å². The molecule has 0 saturated heterocycles. The maximum absolute atomic E-state index is 12.9. The molecular weight excluding hydrogens is 408 g/mol. The Kier molecular flexibility index (Phi) is 5.28. The number of nitrogens with one attached hydrogen (secondary N) is 1. The van der Waals surface area contributed by atoms with E-state index in [-0.39, 0.29) is 29.1 Å². The smallest absolute Gasteiger partial charge is 0.263 e. The third kappa shape index (κ3) is 3.81. The maximum Gasteiger partial charge on any atom is 0.263 e. The summed E-state index contributed by atoms with van der Waals surface area (Å²) in [6.07, 6.45) is 10.3. The number of anilines is 1. The van der Waals surface area contributed by atoms with Crippen molar-refractivity contribution in [2.24, 2.45) is 5.92 Å². The lowest BCUT2D eigenvalue weighted by Crippen LogP contribution is -2.28. The quantitative estimate of drug-likeness (QED) is 0.597. The molecule has 0 atom stereocenters. The van der Waals surface area contributed by atoms with Crippen LogP contribution in [0.3, 0.4) is 0 Å². The molecule has 2 fully saturated rings. The van der Waals surface area contributed by atoms with E-state index in [4.69, 9.17) is 9.84 Å². The summed E-state index contributed by atoms with van der Waals surface area (Å²) >= 11 is 0. The Labute approximate surface area is 185 Å². The number of aromatic nitrogens is 3. The van der Waals surface area contributed by atoms with E-state index >= 15 is 0 Å². The van der Waals surface area contributed by atoms with E-state index in [1.807, 2.05) is 16.9 Å². The van der Waals surface area contributed by atoms with Crippen LogP contribution in [0.5, 0.6) is 5.75 Å². The van der Waals surface area contributed by atoms with Gasteiger partial charge >= 0.3 is 0 Å². The lowest BCUT2D eigenvalue weighted by molar-refractivity contribution is -0.112. The molecule has 32 heavy (non-hydrogen) atoms. The van der Waals surface area contributed by atoms with Gasteiger partial charge in [-0.15, -0.1) is 0 Å². The van der Waals surface area contributed by atoms with E-state index in [0.717, 1.165) is 55.7 Å². The van der Waals surface area contributed by atoms with E-state index in [0.29, 0.717) is 11.4 Å². The zero-order chi connectivity index (χ0) is 22.2. The summed E-state index contributed by atoms with van der Waals surface area (Å²) in [5.74, 6) is 0.182. The second-order valence-corrected chi connectivity index (χ2v) is 8.74. The second kappa shape index (κ2) is 8.26. The van der Waals surface area contributed by atoms with E-state index in [1.165, 1.54) is 7.11 Å². The number of hydrogen-bond acceptors (Lipinski definition) is 5. The predicted octanol–water partition coefficient (Wildman–Crippen LogP) is 3.72. The van der Waals surface area contributed by atoms with Crippen molar-refractivity contribution in [1.82, 2.24) is 14.3 Å². The van der Waals surface area contributed by atoms with Crippen molar-refractivity contribution >= 4 is 28.8 Å². The van der Waals surface area contributed by atoms with Gasteiger partial charge in [0.05, 0.1) is 24.4 Å². The van der Waals surface area contributed by atoms with E-state index < -0.39 is 5.91 Å². The highest BCUT2D eigenvalue weighted by Gasteiger charge is 2.26. The summed E-state index contributed by atoms with van der Waals surface area (Å²) < 4.78 is 9.09. The molecule has 2 aliphatic rings. The van der Waals surface area contributed by atoms with Crippen LogP contribution < -0.4 is 15.6 Å². The van der Waals surface area contributed by atoms with Gasteiger partial charge in [0.2, 0.25) is 0 Å². The van der Waals surface area contributed by atoms with Crippen molar-refractivity contribution in [2.75, 3.05) is 12.4 Å². The van der Waals surface area contributed by atoms with Crippen molar-refractivity contribution in [3.8, 4) is 5.75 Å². The number of fused-ring (bicyclic) bond motifs is 1. The number of pyridine rings is 1. The van der Waals surface area contributed by atoms with Gasteiger partial charge in [0, 0.05) is 35.8 Å². The third-order valence-electron chi connectivity index (χ3n) is 6.56. The van der Waals surface area contributed by atoms with Gasteiger partial charge in [-0.1, -0.05) is 0 Å². The summed E-state index contributed by atoms with van der Waals surface area (Å²) in [5, 5.41) is 8.43. The number of benzene rings is 1. The number of amides is 1. The molecule has 5 rings (SSSR count). The van der Waals surface area contributed by atoms with E-state index in [9.17, 15) is 14.4 Å². The van der Waals surface area contributed by atoms with Crippen molar-refractivity contribution in [3.63, 3.8) is 0 Å². The first-order chi connectivity index (χ1) is 15.6. The molecule has 1 amide bonds. The molecule has 0 radical (unpaired) electrons. The summed E-state index contributed by atoms with van der Waals surface area (Å²) in [6, 6.07) is 7.37. The number of methoxy groups -OCH3 is 1. The molecule has 0 aliphatic heterocycles. The minimum Gasteiger partial charge on any atom is -0.494 e. The first-order valence-corrected chi connectivity index (χ1v) is 11.1. The lowest BCUT2D eigenvalue weighted by atomic mass is 9.87. The molecule has 166 valence electrons. The lowest BCUT2D eigenvalue weighted by Gasteiger charge is -2.25. The number of nitrogens with zero attached hydrogens (tertiary/aromatic N) is 3. The Morgan fingerprint density at radius 1 is 1.16 bits per heavy atom. The molecule has 0 bridgehead atoms. The minimum absolute atomic E-state index is 0.115. The van der Waals surface area contributed by atoms with Crippen LogP contribution in [-0.2, 0) is 4.79 Å². The molecule has 2 saturated carbocycles. The van der Waals surface area contributed by atoms with Gasteiger partial charge in [-0.05, 0) is 56.7 Å². The normalized spacial score (nSPS) is 20.8. The molecule has 0 spiro atoms. The zero-order valence-electron chi connectivity index (χ0n) is 18.0. The number of carbonyl (C=O) groups excluding carboxylic acids is 2. The van der Waals surface area contributed by atoms with Gasteiger partial charge in [-0.2, -0.15) is 5.10 Å². The summed E-state index contributed by atoms with van der Waals surface area (Å²) in [7, 11) is 1.54. The van der Waals surface area contributed by atoms with E-state index in [2.05, 4.69) is 5.32 Å². The highest BCUT2D eigenvalue weighted by atomic mass is 16.5. The summed E-state index contributed by atoms with van der Waals surface area (Å²) in [4.78, 5) is 36.7. The number of hydrogen-bond donors (Lipinski definition) is 1. The van der Waals surface area contributed by atoms with Gasteiger partial charge in [-0.3, -0.25) is 14.3 Å². The van der Waals surface area contributed by atoms with Crippen LogP contribution in [0.1, 0.15) is 61.0 Å². The molecular formula is C24H26N4O4. The molecule has 2 heterocycles. The van der Waals surface area contributed by atoms with Gasteiger partial charge in [0.1, 0.15) is 17.6 Å². The van der Waals surface area contributed by atoms with Crippen LogP contribution in [0.25, 0.3) is 10.9 Å². The van der Waals surface area contributed by atoms with E-state index in [1.54, 1.807) is 29.0 Å². The summed E-state index contributed by atoms with van der Waals surface area (Å²) in [5.41, 5.74) is 1.11. The number of ether oxygens (including phenoxy) is 1. The monoisotopic (exact) mass is 434 g/mol. The zero-order valence-corrected chi connectivity index (χ0v) is 18.0. The van der Waals surface area contributed by atoms with Crippen molar-refractivity contribution < 1.29 is 14.3 Å². The third-order valence-corrected chi connectivity index (χ3v) is 6.56. The Bertz CT molecular complexity index is 1230. The fourth-order valence-electron chi connectivity index (χ4n) is 4.54. The molecule has 2 aromatic heterocycles. The molecule has 3 aromatic rings. The van der Waals surface area contributed by atoms with Crippen molar-refractivity contribution in [1.29, 1.82) is 0 Å². The number of rotatable bonds is 6. The van der Waals surface area contributed by atoms with Gasteiger partial charge in [0.25, 0.3) is 11.5 Å². The highest BCUT2D eigenvalue weighted by molar-refractivity contribution is 6.06. The molecule has 8 heteroatoms. The van der Waals surface area contributed by atoms with Crippen molar-refractivity contribution in [2.45, 2.75) is 50.6 Å². The minimum atomic E-state index is -0.456. The molecule has 1 aromatic carbocycles. The van der Waals surface area contributed by atoms with Crippen LogP contribution in [0.2, 0.25) is 0 Å². The Morgan fingerprint density at radius 2 is 1.91 bits per heavy atom. The fraction of sp³-hybridized carbons (Fsp3) is 0.417. The number of aldehydes is 1. The Hall–Kier alpha value is -3.42. The van der Waals surface area contributed by atoms with Gasteiger partial charge in [-0.25, -0.2) is 0 Å². The van der Waals surface area contributed by atoms with Crippen LogP contribution in [0.4, 0.5) is 5.69 Å². The van der Waals surface area contributed by atoms with Crippen molar-refractivity contribution in [3.05, 3.63) is 52.6 Å². The van der Waals surface area contributed by atoms with Crippen LogP contribution in [-0.4, -0.2) is 33.7 Å². The maximum atomic E-state index is 12.9. The highest BCUT2D eigenvalue weighted by Crippen LogP contribution is 2.35. The molecule has 8 nitrogen and oxygen atoms in total. The largest absolute Gasteiger partial charge is 0.494 e. The molecule has 2 aliphatic carbocycles. The van der Waals surface area contributed by atoms with Crippen LogP contribution in [0.15, 0.2) is 41.5 Å². The Morgan fingerprint density at radius 3 is 2.59 bits per heavy atom. The first-order valence-electron chi connectivity index (χ1n) is 11.1. The summed E-state index contributed by atoms with van der Waals surface area (Å²) in [6.45, 7) is 0. The average molecular weight is 434 g/mol. The van der Waals surface area contributed by atoms with Gasteiger partial charge in [0.15, 0.2) is 0 Å². The number of carbonyl (C=O) groups is 2. The SMILES string of the molecule is COc1cc2nn(C3CCC(C=O)CC3)cc2cc1NC(=O)c1cccn(C2CC2)c1=O. The molecule has 0 unspecified atom stereocenters. The first kappa shape index (κ1) is 20.5. The standard InChI is InChI=1S/C24H26N4O4/c1-32-22-12-20-16(13-28(26-20)18-6-4-15(14-29)5-7-18)11-21(22)25-23(30)19-3-2-10-27(24(19)31)17-8-9-17/h2-3,10-15,17-18H,4-9H2,1H3,(H,25,30). The second-order valence-electron chi connectivity index (χ2n) is 8.74. The molecule has 1 N–H and O–H groups in total. The Balaban J connectivity index is 1.41. The van der Waals surface area contributed by atoms with Gasteiger partial charge < -0.3 is 19.4 Å². The fourth-order valence-corrected chi connectivity index (χ4v) is 4.54. The van der Waals surface area contributed by atoms with Crippen LogP contribution in [0, 0.1) is 5.92 Å².